The predicted octanol–water partition coefficient (Wildman–Crippen LogP) is 2.48. The number of esters is 1. The first-order valence-corrected chi connectivity index (χ1v) is 8.09. The number of nitrogens with zero attached hydrogens (tertiary/aromatic N) is 1. The maximum Gasteiger partial charge on any atom is 0.344 e. The van der Waals surface area contributed by atoms with E-state index < -0.39 is 5.97 Å². The Morgan fingerprint density at radius 3 is 2.78 bits per heavy atom. The van der Waals surface area contributed by atoms with Crippen LogP contribution in [0.25, 0.3) is 0 Å². The lowest BCUT2D eigenvalue weighted by molar-refractivity contribution is -0.154. The Labute approximate surface area is 137 Å². The number of aryl methyl sites for hydroxylation is 2. The van der Waals surface area contributed by atoms with E-state index in [1.54, 1.807) is 4.90 Å². The quantitative estimate of drug-likeness (QED) is 0.783. The number of hydrogen-bond acceptors (Lipinski definition) is 4. The van der Waals surface area contributed by atoms with Gasteiger partial charge in [0.1, 0.15) is 5.75 Å². The molecule has 5 heteroatoms. The molecular formula is C18H25NO4. The molecule has 1 atom stereocenters. The van der Waals surface area contributed by atoms with Gasteiger partial charge in [-0.2, -0.15) is 0 Å². The zero-order chi connectivity index (χ0) is 16.8. The molecule has 0 aromatic heterocycles. The summed E-state index contributed by atoms with van der Waals surface area (Å²) >= 11 is 0. The van der Waals surface area contributed by atoms with Crippen molar-refractivity contribution < 1.29 is 19.1 Å². The highest BCUT2D eigenvalue weighted by Crippen LogP contribution is 2.19. The molecule has 1 amide bonds. The van der Waals surface area contributed by atoms with Crippen LogP contribution in [0, 0.1) is 19.8 Å². The highest BCUT2D eigenvalue weighted by atomic mass is 16.6. The summed E-state index contributed by atoms with van der Waals surface area (Å²) in [4.78, 5) is 25.5. The summed E-state index contributed by atoms with van der Waals surface area (Å²) < 4.78 is 10.5. The first-order chi connectivity index (χ1) is 11.0. The molecule has 23 heavy (non-hydrogen) atoms. The largest absolute Gasteiger partial charge is 0.482 e. The third-order valence-electron chi connectivity index (χ3n) is 4.06. The molecule has 0 saturated carbocycles. The van der Waals surface area contributed by atoms with Crippen LogP contribution in [0.4, 0.5) is 0 Å². The molecule has 0 aliphatic carbocycles. The second-order valence-electron chi connectivity index (χ2n) is 6.31. The van der Waals surface area contributed by atoms with E-state index in [9.17, 15) is 9.59 Å². The Balaban J connectivity index is 1.74. The summed E-state index contributed by atoms with van der Waals surface area (Å²) in [5, 5.41) is 0. The molecule has 1 unspecified atom stereocenters. The fourth-order valence-corrected chi connectivity index (χ4v) is 2.69. The first kappa shape index (κ1) is 17.3. The zero-order valence-electron chi connectivity index (χ0n) is 14.1. The second-order valence-corrected chi connectivity index (χ2v) is 6.31. The normalized spacial score (nSPS) is 17.7. The van der Waals surface area contributed by atoms with E-state index in [0.29, 0.717) is 11.7 Å². The number of benzene rings is 1. The Morgan fingerprint density at radius 1 is 1.26 bits per heavy atom. The van der Waals surface area contributed by atoms with Crippen LogP contribution in [-0.2, 0) is 14.3 Å². The maximum absolute atomic E-state index is 12.0. The first-order valence-electron chi connectivity index (χ1n) is 8.09. The van der Waals surface area contributed by atoms with Gasteiger partial charge in [-0.15, -0.1) is 0 Å². The van der Waals surface area contributed by atoms with Gasteiger partial charge >= 0.3 is 5.97 Å². The fourth-order valence-electron chi connectivity index (χ4n) is 2.69. The highest BCUT2D eigenvalue weighted by Gasteiger charge is 2.21. The van der Waals surface area contributed by atoms with Crippen molar-refractivity contribution in [3.63, 3.8) is 0 Å². The zero-order valence-corrected chi connectivity index (χ0v) is 14.1. The Bertz CT molecular complexity index is 570. The van der Waals surface area contributed by atoms with E-state index in [0.717, 1.165) is 37.1 Å². The van der Waals surface area contributed by atoms with Crippen LogP contribution in [0.5, 0.6) is 5.75 Å². The average molecular weight is 319 g/mol. The van der Waals surface area contributed by atoms with Gasteiger partial charge in [0.15, 0.2) is 13.2 Å². The van der Waals surface area contributed by atoms with Crippen LogP contribution in [0.2, 0.25) is 0 Å². The molecule has 1 fully saturated rings. The van der Waals surface area contributed by atoms with Crippen molar-refractivity contribution in [2.75, 3.05) is 26.3 Å². The van der Waals surface area contributed by atoms with Crippen LogP contribution < -0.4 is 4.74 Å². The molecule has 2 rings (SSSR count). The summed E-state index contributed by atoms with van der Waals surface area (Å²) in [5.74, 6) is 0.523. The topological polar surface area (TPSA) is 55.8 Å². The summed E-state index contributed by atoms with van der Waals surface area (Å²) in [5.41, 5.74) is 2.02. The van der Waals surface area contributed by atoms with Gasteiger partial charge in [-0.05, 0) is 49.8 Å². The minimum atomic E-state index is -0.524. The number of piperidine rings is 1. The lowest BCUT2D eigenvalue weighted by Gasteiger charge is -2.30. The van der Waals surface area contributed by atoms with E-state index >= 15 is 0 Å². The van der Waals surface area contributed by atoms with Gasteiger partial charge in [-0.3, -0.25) is 4.79 Å². The van der Waals surface area contributed by atoms with Gasteiger partial charge in [0.2, 0.25) is 0 Å². The Hall–Kier alpha value is -2.04. The minimum Gasteiger partial charge on any atom is -0.482 e. The van der Waals surface area contributed by atoms with Crippen molar-refractivity contribution in [2.24, 2.45) is 5.92 Å². The lowest BCUT2D eigenvalue weighted by atomic mass is 10.0. The van der Waals surface area contributed by atoms with Crippen molar-refractivity contribution in [1.29, 1.82) is 0 Å². The number of hydrogen-bond donors (Lipinski definition) is 0. The number of likely N-dealkylation sites (tertiary alicyclic amines) is 1. The smallest absolute Gasteiger partial charge is 0.344 e. The van der Waals surface area contributed by atoms with Crippen molar-refractivity contribution in [2.45, 2.75) is 33.6 Å². The molecule has 0 N–H and O–H groups in total. The molecule has 0 bridgehead atoms. The van der Waals surface area contributed by atoms with Crippen LogP contribution in [-0.4, -0.2) is 43.1 Å². The summed E-state index contributed by atoms with van der Waals surface area (Å²) in [7, 11) is 0. The predicted molar refractivity (Wildman–Crippen MR) is 87.3 cm³/mol. The molecule has 1 saturated heterocycles. The SMILES string of the molecule is Cc1ccc(C)c(OCC(=O)OCC(=O)N2CCCC(C)C2)c1. The fraction of sp³-hybridized carbons (Fsp3) is 0.556. The number of amides is 1. The molecule has 1 heterocycles. The van der Waals surface area contributed by atoms with E-state index in [4.69, 9.17) is 9.47 Å². The molecular weight excluding hydrogens is 294 g/mol. The van der Waals surface area contributed by atoms with Crippen molar-refractivity contribution in [3.8, 4) is 5.75 Å². The molecule has 0 radical (unpaired) electrons. The van der Waals surface area contributed by atoms with Crippen molar-refractivity contribution >= 4 is 11.9 Å². The molecule has 1 aromatic carbocycles. The number of carbonyl (C=O) groups excluding carboxylic acids is 2. The van der Waals surface area contributed by atoms with Gasteiger partial charge < -0.3 is 14.4 Å². The van der Waals surface area contributed by atoms with Gasteiger partial charge in [-0.25, -0.2) is 4.79 Å². The monoisotopic (exact) mass is 319 g/mol. The van der Waals surface area contributed by atoms with Gasteiger partial charge in [-0.1, -0.05) is 19.1 Å². The molecule has 126 valence electrons. The van der Waals surface area contributed by atoms with Gasteiger partial charge in [0.05, 0.1) is 0 Å². The van der Waals surface area contributed by atoms with Crippen LogP contribution >= 0.6 is 0 Å². The molecule has 5 nitrogen and oxygen atoms in total. The third kappa shape index (κ3) is 5.27. The maximum atomic E-state index is 12.0. The van der Waals surface area contributed by atoms with Gasteiger partial charge in [0, 0.05) is 13.1 Å². The van der Waals surface area contributed by atoms with Gasteiger partial charge in [0.25, 0.3) is 5.91 Å². The average Bonchev–Trinajstić information content (AvgIpc) is 2.53. The summed E-state index contributed by atoms with van der Waals surface area (Å²) in [6, 6.07) is 5.80. The van der Waals surface area contributed by atoms with E-state index in [1.807, 2.05) is 32.0 Å². The molecule has 1 aliphatic heterocycles. The van der Waals surface area contributed by atoms with E-state index in [1.165, 1.54) is 0 Å². The number of ether oxygens (including phenoxy) is 2. The standard InChI is InChI=1S/C18H25NO4/c1-13-6-7-15(3)16(9-13)22-12-18(21)23-11-17(20)19-8-4-5-14(2)10-19/h6-7,9,14H,4-5,8,10-12H2,1-3H3. The lowest BCUT2D eigenvalue weighted by Crippen LogP contribution is -2.41. The number of carbonyl (C=O) groups is 2. The second kappa shape index (κ2) is 7.99. The number of rotatable bonds is 5. The Morgan fingerprint density at radius 2 is 2.04 bits per heavy atom. The van der Waals surface area contributed by atoms with Crippen LogP contribution in [0.15, 0.2) is 18.2 Å². The summed E-state index contributed by atoms with van der Waals surface area (Å²) in [6.45, 7) is 7.11. The summed E-state index contributed by atoms with van der Waals surface area (Å²) in [6.07, 6.45) is 2.16. The van der Waals surface area contributed by atoms with Crippen molar-refractivity contribution in [1.82, 2.24) is 4.90 Å². The van der Waals surface area contributed by atoms with Crippen molar-refractivity contribution in [3.05, 3.63) is 29.3 Å². The van der Waals surface area contributed by atoms with Crippen LogP contribution in [0.3, 0.4) is 0 Å². The highest BCUT2D eigenvalue weighted by molar-refractivity contribution is 5.81. The molecule has 1 aliphatic rings. The third-order valence-corrected chi connectivity index (χ3v) is 4.06. The van der Waals surface area contributed by atoms with E-state index in [-0.39, 0.29) is 19.1 Å². The molecule has 0 spiro atoms. The van der Waals surface area contributed by atoms with E-state index in [2.05, 4.69) is 6.92 Å². The molecule has 1 aromatic rings. The van der Waals surface area contributed by atoms with Crippen LogP contribution in [0.1, 0.15) is 30.9 Å². The Kier molecular flexibility index (Phi) is 6.02. The minimum absolute atomic E-state index is 0.128.